The highest BCUT2D eigenvalue weighted by Gasteiger charge is 2.09. The van der Waals surface area contributed by atoms with E-state index in [4.69, 9.17) is 4.74 Å². The Morgan fingerprint density at radius 3 is 2.05 bits per heavy atom. The molecule has 0 bridgehead atoms. The molecule has 0 aliphatic rings. The number of ether oxygens (including phenoxy) is 1. The Kier molecular flexibility index (Phi) is 3.94. The summed E-state index contributed by atoms with van der Waals surface area (Å²) in [6, 6.07) is 12.9. The number of hydrogen-bond acceptors (Lipinski definition) is 1. The van der Waals surface area contributed by atoms with Gasteiger partial charge in [0.15, 0.2) is 0 Å². The van der Waals surface area contributed by atoms with E-state index < -0.39 is 0 Å². The summed E-state index contributed by atoms with van der Waals surface area (Å²) in [5.74, 6) is 1.45. The Morgan fingerprint density at radius 2 is 1.53 bits per heavy atom. The molecule has 0 fully saturated rings. The molecule has 2 rings (SSSR count). The smallest absolute Gasteiger partial charge is 0.118 e. The van der Waals surface area contributed by atoms with Crippen LogP contribution in [-0.2, 0) is 0 Å². The summed E-state index contributed by atoms with van der Waals surface area (Å²) < 4.78 is 5.22. The summed E-state index contributed by atoms with van der Waals surface area (Å²) in [6.45, 7) is 8.86. The molecule has 0 unspecified atom stereocenters. The normalized spacial score (nSPS) is 10.8. The molecular formula is C18H22O. The highest BCUT2D eigenvalue weighted by molar-refractivity contribution is 5.69. The van der Waals surface area contributed by atoms with E-state index in [9.17, 15) is 0 Å². The van der Waals surface area contributed by atoms with Gasteiger partial charge in [0.25, 0.3) is 0 Å². The molecule has 0 aromatic heterocycles. The average Bonchev–Trinajstić information content (AvgIpc) is 2.38. The standard InChI is InChI=1S/C18H22O/c1-12(2)17-11-18(14(4)10-13(17)3)15-6-8-16(19-5)9-7-15/h6-12H,1-5H3. The van der Waals surface area contributed by atoms with Crippen molar-refractivity contribution in [1.82, 2.24) is 0 Å². The van der Waals surface area contributed by atoms with Crippen LogP contribution in [-0.4, -0.2) is 7.11 Å². The Morgan fingerprint density at radius 1 is 0.895 bits per heavy atom. The highest BCUT2D eigenvalue weighted by atomic mass is 16.5. The molecule has 0 N–H and O–H groups in total. The van der Waals surface area contributed by atoms with Crippen molar-refractivity contribution < 1.29 is 4.74 Å². The van der Waals surface area contributed by atoms with E-state index in [1.165, 1.54) is 27.8 Å². The summed E-state index contributed by atoms with van der Waals surface area (Å²) in [4.78, 5) is 0. The maximum atomic E-state index is 5.22. The van der Waals surface area contributed by atoms with Crippen molar-refractivity contribution in [2.75, 3.05) is 7.11 Å². The molecule has 2 aromatic carbocycles. The van der Waals surface area contributed by atoms with Crippen molar-refractivity contribution in [2.45, 2.75) is 33.6 Å². The first-order chi connectivity index (χ1) is 9.02. The summed E-state index contributed by atoms with van der Waals surface area (Å²) in [7, 11) is 1.70. The fraction of sp³-hybridized carbons (Fsp3) is 0.333. The van der Waals surface area contributed by atoms with Crippen LogP contribution in [0.4, 0.5) is 0 Å². The molecule has 1 heteroatoms. The molecule has 0 atom stereocenters. The van der Waals surface area contributed by atoms with Crippen LogP contribution in [0.3, 0.4) is 0 Å². The van der Waals surface area contributed by atoms with Gasteiger partial charge in [0.2, 0.25) is 0 Å². The first-order valence-corrected chi connectivity index (χ1v) is 6.78. The summed E-state index contributed by atoms with van der Waals surface area (Å²) in [5, 5.41) is 0. The van der Waals surface area contributed by atoms with Gasteiger partial charge in [0, 0.05) is 0 Å². The van der Waals surface area contributed by atoms with E-state index in [0.717, 1.165) is 5.75 Å². The van der Waals surface area contributed by atoms with Crippen molar-refractivity contribution in [3.05, 3.63) is 53.1 Å². The summed E-state index contributed by atoms with van der Waals surface area (Å²) in [5.41, 5.74) is 6.70. The van der Waals surface area contributed by atoms with Crippen molar-refractivity contribution in [1.29, 1.82) is 0 Å². The van der Waals surface area contributed by atoms with E-state index in [1.807, 2.05) is 12.1 Å². The minimum absolute atomic E-state index is 0.553. The third-order valence-corrected chi connectivity index (χ3v) is 3.64. The van der Waals surface area contributed by atoms with Gasteiger partial charge in [-0.05, 0) is 59.7 Å². The second-order valence-electron chi connectivity index (χ2n) is 5.41. The summed E-state index contributed by atoms with van der Waals surface area (Å²) in [6.07, 6.45) is 0. The van der Waals surface area contributed by atoms with Crippen LogP contribution in [0.25, 0.3) is 11.1 Å². The minimum Gasteiger partial charge on any atom is -0.497 e. The first-order valence-electron chi connectivity index (χ1n) is 6.78. The molecule has 0 aliphatic heterocycles. The van der Waals surface area contributed by atoms with Gasteiger partial charge in [-0.1, -0.05) is 38.1 Å². The van der Waals surface area contributed by atoms with Crippen LogP contribution in [0.1, 0.15) is 36.5 Å². The van der Waals surface area contributed by atoms with Crippen LogP contribution in [0.5, 0.6) is 5.75 Å². The van der Waals surface area contributed by atoms with Crippen LogP contribution in [0.15, 0.2) is 36.4 Å². The molecular weight excluding hydrogens is 232 g/mol. The fourth-order valence-corrected chi connectivity index (χ4v) is 2.57. The first kappa shape index (κ1) is 13.7. The third-order valence-electron chi connectivity index (χ3n) is 3.64. The lowest BCUT2D eigenvalue weighted by molar-refractivity contribution is 0.415. The van der Waals surface area contributed by atoms with Crippen LogP contribution in [0, 0.1) is 13.8 Å². The molecule has 100 valence electrons. The Labute approximate surface area is 116 Å². The van der Waals surface area contributed by atoms with Gasteiger partial charge in [-0.15, -0.1) is 0 Å². The average molecular weight is 254 g/mol. The summed E-state index contributed by atoms with van der Waals surface area (Å²) >= 11 is 0. The fourth-order valence-electron chi connectivity index (χ4n) is 2.57. The van der Waals surface area contributed by atoms with Gasteiger partial charge in [0.1, 0.15) is 5.75 Å². The zero-order valence-corrected chi connectivity index (χ0v) is 12.4. The maximum Gasteiger partial charge on any atom is 0.118 e. The third kappa shape index (κ3) is 2.81. The van der Waals surface area contributed by atoms with E-state index in [2.05, 4.69) is 52.0 Å². The van der Waals surface area contributed by atoms with E-state index in [1.54, 1.807) is 7.11 Å². The lowest BCUT2D eigenvalue weighted by atomic mass is 9.90. The second-order valence-corrected chi connectivity index (χ2v) is 5.41. The lowest BCUT2D eigenvalue weighted by Gasteiger charge is -2.15. The number of benzene rings is 2. The van der Waals surface area contributed by atoms with Gasteiger partial charge in [-0.2, -0.15) is 0 Å². The molecule has 0 saturated heterocycles. The molecule has 2 aromatic rings. The van der Waals surface area contributed by atoms with Gasteiger partial charge < -0.3 is 4.74 Å². The SMILES string of the molecule is COc1ccc(-c2cc(C(C)C)c(C)cc2C)cc1. The zero-order chi connectivity index (χ0) is 14.0. The number of methoxy groups -OCH3 is 1. The van der Waals surface area contributed by atoms with E-state index >= 15 is 0 Å². The van der Waals surface area contributed by atoms with Gasteiger partial charge in [-0.3, -0.25) is 0 Å². The molecule has 0 heterocycles. The molecule has 0 radical (unpaired) electrons. The predicted molar refractivity (Wildman–Crippen MR) is 82.0 cm³/mol. The maximum absolute atomic E-state index is 5.22. The number of rotatable bonds is 3. The topological polar surface area (TPSA) is 9.23 Å². The van der Waals surface area contributed by atoms with Crippen LogP contribution < -0.4 is 4.74 Å². The van der Waals surface area contributed by atoms with Crippen molar-refractivity contribution in [3.8, 4) is 16.9 Å². The van der Waals surface area contributed by atoms with Crippen molar-refractivity contribution in [3.63, 3.8) is 0 Å². The van der Waals surface area contributed by atoms with Crippen LogP contribution in [0.2, 0.25) is 0 Å². The van der Waals surface area contributed by atoms with Crippen molar-refractivity contribution >= 4 is 0 Å². The quantitative estimate of drug-likeness (QED) is 0.740. The van der Waals surface area contributed by atoms with E-state index in [0.29, 0.717) is 5.92 Å². The zero-order valence-electron chi connectivity index (χ0n) is 12.4. The number of aryl methyl sites for hydroxylation is 2. The molecule has 1 nitrogen and oxygen atoms in total. The van der Waals surface area contributed by atoms with Gasteiger partial charge in [-0.25, -0.2) is 0 Å². The van der Waals surface area contributed by atoms with Gasteiger partial charge in [0.05, 0.1) is 7.11 Å². The molecule has 0 aliphatic carbocycles. The Balaban J connectivity index is 2.51. The lowest BCUT2D eigenvalue weighted by Crippen LogP contribution is -1.95. The van der Waals surface area contributed by atoms with Crippen LogP contribution >= 0.6 is 0 Å². The second kappa shape index (κ2) is 5.48. The molecule has 0 spiro atoms. The van der Waals surface area contributed by atoms with Gasteiger partial charge >= 0.3 is 0 Å². The monoisotopic (exact) mass is 254 g/mol. The predicted octanol–water partition coefficient (Wildman–Crippen LogP) is 5.10. The highest BCUT2D eigenvalue weighted by Crippen LogP contribution is 2.30. The molecule has 0 amide bonds. The van der Waals surface area contributed by atoms with E-state index in [-0.39, 0.29) is 0 Å². The van der Waals surface area contributed by atoms with Crippen molar-refractivity contribution in [2.24, 2.45) is 0 Å². The minimum atomic E-state index is 0.553. The molecule has 19 heavy (non-hydrogen) atoms. The molecule has 0 saturated carbocycles. The Hall–Kier alpha value is -1.76. The Bertz CT molecular complexity index is 565. The number of hydrogen-bond donors (Lipinski definition) is 0. The largest absolute Gasteiger partial charge is 0.497 e.